The second-order valence-corrected chi connectivity index (χ2v) is 6.54. The summed E-state index contributed by atoms with van der Waals surface area (Å²) in [6.45, 7) is 11.4. The molecule has 0 aromatic heterocycles. The first-order valence-electron chi connectivity index (χ1n) is 8.65. The van der Waals surface area contributed by atoms with E-state index in [4.69, 9.17) is 0 Å². The molecule has 0 saturated heterocycles. The van der Waals surface area contributed by atoms with Gasteiger partial charge in [-0.05, 0) is 49.7 Å². The predicted molar refractivity (Wildman–Crippen MR) is 93.1 cm³/mol. The van der Waals surface area contributed by atoms with Gasteiger partial charge in [-0.15, -0.1) is 0 Å². The van der Waals surface area contributed by atoms with E-state index in [1.165, 1.54) is 55.4 Å². The number of allylic oxidation sites excluding steroid dienone is 6. The largest absolute Gasteiger partial charge is 0.389 e. The number of hydrogen-bond acceptors (Lipinski definition) is 1. The highest BCUT2D eigenvalue weighted by Gasteiger charge is 2.19. The molecule has 0 bridgehead atoms. The molecule has 21 heavy (non-hydrogen) atoms. The van der Waals surface area contributed by atoms with Crippen LogP contribution in [-0.2, 0) is 0 Å². The van der Waals surface area contributed by atoms with Crippen LogP contribution in [0.4, 0.5) is 0 Å². The van der Waals surface area contributed by atoms with Crippen LogP contribution in [0.2, 0.25) is 0 Å². The SMILES string of the molecule is C=C/C(=C\C)C1=CCC(C(=C)NCCC2CCCC2)CC1. The Labute approximate surface area is 130 Å². The zero-order chi connectivity index (χ0) is 15.1. The van der Waals surface area contributed by atoms with Gasteiger partial charge in [-0.25, -0.2) is 0 Å². The molecule has 1 fully saturated rings. The van der Waals surface area contributed by atoms with Crippen LogP contribution in [0.5, 0.6) is 0 Å². The Bertz CT molecular complexity index is 421. The monoisotopic (exact) mass is 285 g/mol. The van der Waals surface area contributed by atoms with Gasteiger partial charge in [-0.1, -0.05) is 57.1 Å². The van der Waals surface area contributed by atoms with Crippen molar-refractivity contribution in [1.82, 2.24) is 5.32 Å². The van der Waals surface area contributed by atoms with Gasteiger partial charge >= 0.3 is 0 Å². The molecule has 1 N–H and O–H groups in total. The van der Waals surface area contributed by atoms with Gasteiger partial charge in [0.15, 0.2) is 0 Å². The zero-order valence-corrected chi connectivity index (χ0v) is 13.7. The van der Waals surface area contributed by atoms with Crippen molar-refractivity contribution in [2.45, 2.75) is 58.3 Å². The predicted octanol–water partition coefficient (Wildman–Crippen LogP) is 5.53. The fourth-order valence-electron chi connectivity index (χ4n) is 3.73. The van der Waals surface area contributed by atoms with E-state index in [-0.39, 0.29) is 0 Å². The van der Waals surface area contributed by atoms with E-state index in [1.807, 2.05) is 6.08 Å². The lowest BCUT2D eigenvalue weighted by atomic mass is 9.85. The fourth-order valence-corrected chi connectivity index (χ4v) is 3.73. The molecule has 2 rings (SSSR count). The van der Waals surface area contributed by atoms with Crippen LogP contribution in [0.1, 0.15) is 58.3 Å². The summed E-state index contributed by atoms with van der Waals surface area (Å²) in [6, 6.07) is 0. The minimum Gasteiger partial charge on any atom is -0.389 e. The molecule has 2 aliphatic rings. The van der Waals surface area contributed by atoms with Crippen molar-refractivity contribution in [2.24, 2.45) is 11.8 Å². The summed E-state index contributed by atoms with van der Waals surface area (Å²) in [6.07, 6.45) is 17.1. The topological polar surface area (TPSA) is 12.0 Å². The van der Waals surface area contributed by atoms with Crippen molar-refractivity contribution >= 4 is 0 Å². The quantitative estimate of drug-likeness (QED) is 0.606. The maximum atomic E-state index is 4.28. The van der Waals surface area contributed by atoms with E-state index >= 15 is 0 Å². The molecule has 116 valence electrons. The molecule has 1 atom stereocenters. The Kier molecular flexibility index (Phi) is 6.35. The molecule has 0 aromatic rings. The van der Waals surface area contributed by atoms with Gasteiger partial charge in [0, 0.05) is 18.2 Å². The summed E-state index contributed by atoms with van der Waals surface area (Å²) >= 11 is 0. The second kappa shape index (κ2) is 8.26. The van der Waals surface area contributed by atoms with E-state index in [1.54, 1.807) is 0 Å². The van der Waals surface area contributed by atoms with E-state index in [9.17, 15) is 0 Å². The molecule has 0 aromatic carbocycles. The highest BCUT2D eigenvalue weighted by Crippen LogP contribution is 2.31. The van der Waals surface area contributed by atoms with Gasteiger partial charge in [0.25, 0.3) is 0 Å². The van der Waals surface area contributed by atoms with Gasteiger partial charge < -0.3 is 5.32 Å². The third-order valence-corrected chi connectivity index (χ3v) is 5.18. The Morgan fingerprint density at radius 2 is 2.10 bits per heavy atom. The standard InChI is InChI=1S/C20H31N/c1-4-18(5-2)20-12-10-19(11-13-20)16(3)21-15-14-17-8-6-7-9-17/h4-5,12,17,19,21H,1,3,6-11,13-15H2,2H3/b18-5+. The van der Waals surface area contributed by atoms with E-state index < -0.39 is 0 Å². The van der Waals surface area contributed by atoms with Gasteiger partial charge in [0.2, 0.25) is 0 Å². The van der Waals surface area contributed by atoms with Gasteiger partial charge in [0.1, 0.15) is 0 Å². The van der Waals surface area contributed by atoms with Gasteiger partial charge in [-0.2, -0.15) is 0 Å². The molecule has 1 heteroatoms. The number of hydrogen-bond donors (Lipinski definition) is 1. The van der Waals surface area contributed by atoms with Crippen LogP contribution in [0.3, 0.4) is 0 Å². The van der Waals surface area contributed by atoms with Gasteiger partial charge in [-0.3, -0.25) is 0 Å². The molecular weight excluding hydrogens is 254 g/mol. The lowest BCUT2D eigenvalue weighted by Gasteiger charge is -2.25. The molecule has 0 spiro atoms. The summed E-state index contributed by atoms with van der Waals surface area (Å²) < 4.78 is 0. The summed E-state index contributed by atoms with van der Waals surface area (Å²) in [7, 11) is 0. The lowest BCUT2D eigenvalue weighted by Crippen LogP contribution is -2.23. The maximum absolute atomic E-state index is 4.28. The normalized spacial score (nSPS) is 23.8. The average molecular weight is 285 g/mol. The Morgan fingerprint density at radius 3 is 2.67 bits per heavy atom. The molecule has 1 nitrogen and oxygen atoms in total. The van der Waals surface area contributed by atoms with Crippen LogP contribution in [0, 0.1) is 11.8 Å². The maximum Gasteiger partial charge on any atom is 0.0146 e. The Hall–Kier alpha value is -1.24. The summed E-state index contributed by atoms with van der Waals surface area (Å²) in [5.74, 6) is 1.58. The average Bonchev–Trinajstić information content (AvgIpc) is 3.02. The Balaban J connectivity index is 1.73. The number of rotatable bonds is 7. The third kappa shape index (κ3) is 4.62. The molecule has 0 amide bonds. The summed E-state index contributed by atoms with van der Waals surface area (Å²) in [4.78, 5) is 0. The summed E-state index contributed by atoms with van der Waals surface area (Å²) in [5, 5.41) is 3.59. The summed E-state index contributed by atoms with van der Waals surface area (Å²) in [5.41, 5.74) is 4.01. The third-order valence-electron chi connectivity index (χ3n) is 5.18. The van der Waals surface area contributed by atoms with Crippen molar-refractivity contribution in [1.29, 1.82) is 0 Å². The van der Waals surface area contributed by atoms with Crippen molar-refractivity contribution in [3.8, 4) is 0 Å². The van der Waals surface area contributed by atoms with Crippen molar-refractivity contribution in [3.63, 3.8) is 0 Å². The molecule has 0 radical (unpaired) electrons. The Morgan fingerprint density at radius 1 is 1.33 bits per heavy atom. The lowest BCUT2D eigenvalue weighted by molar-refractivity contribution is 0.461. The van der Waals surface area contributed by atoms with Crippen LogP contribution < -0.4 is 5.32 Å². The van der Waals surface area contributed by atoms with E-state index in [0.29, 0.717) is 5.92 Å². The smallest absolute Gasteiger partial charge is 0.0146 e. The minimum atomic E-state index is 0.611. The van der Waals surface area contributed by atoms with Crippen LogP contribution in [-0.4, -0.2) is 6.54 Å². The first-order chi connectivity index (χ1) is 10.2. The first kappa shape index (κ1) is 16.1. The van der Waals surface area contributed by atoms with Crippen molar-refractivity contribution < 1.29 is 0 Å². The van der Waals surface area contributed by atoms with Crippen LogP contribution in [0.25, 0.3) is 0 Å². The van der Waals surface area contributed by atoms with E-state index in [0.717, 1.165) is 25.3 Å². The highest BCUT2D eigenvalue weighted by atomic mass is 14.9. The number of nitrogens with one attached hydrogen (secondary N) is 1. The molecular formula is C20H31N. The highest BCUT2D eigenvalue weighted by molar-refractivity contribution is 5.39. The second-order valence-electron chi connectivity index (χ2n) is 6.54. The minimum absolute atomic E-state index is 0.611. The van der Waals surface area contributed by atoms with Gasteiger partial charge in [0.05, 0.1) is 0 Å². The molecule has 2 aliphatic carbocycles. The fraction of sp³-hybridized carbons (Fsp3) is 0.600. The molecule has 0 heterocycles. The molecule has 1 unspecified atom stereocenters. The van der Waals surface area contributed by atoms with Crippen LogP contribution in [0.15, 0.2) is 48.2 Å². The first-order valence-corrected chi connectivity index (χ1v) is 8.65. The zero-order valence-electron chi connectivity index (χ0n) is 13.7. The van der Waals surface area contributed by atoms with Crippen molar-refractivity contribution in [2.75, 3.05) is 6.54 Å². The molecule has 1 saturated carbocycles. The van der Waals surface area contributed by atoms with Crippen molar-refractivity contribution in [3.05, 3.63) is 48.2 Å². The van der Waals surface area contributed by atoms with E-state index in [2.05, 4.69) is 37.6 Å². The molecule has 0 aliphatic heterocycles. The van der Waals surface area contributed by atoms with Crippen LogP contribution >= 0.6 is 0 Å².